The van der Waals surface area contributed by atoms with Gasteiger partial charge >= 0.3 is 0 Å². The summed E-state index contributed by atoms with van der Waals surface area (Å²) in [7, 11) is 1.67. The highest BCUT2D eigenvalue weighted by atomic mass is 35.5. The Bertz CT molecular complexity index is 801. The predicted octanol–water partition coefficient (Wildman–Crippen LogP) is 2.12. The summed E-state index contributed by atoms with van der Waals surface area (Å²) in [5.41, 5.74) is 1.25. The van der Waals surface area contributed by atoms with Gasteiger partial charge in [0.25, 0.3) is 11.5 Å². The molecule has 0 aliphatic carbocycles. The highest BCUT2D eigenvalue weighted by Crippen LogP contribution is 2.17. The van der Waals surface area contributed by atoms with E-state index in [0.29, 0.717) is 16.9 Å². The molecule has 1 N–H and O–H groups in total. The van der Waals surface area contributed by atoms with Crippen LogP contribution in [0.25, 0.3) is 5.69 Å². The molecule has 6 nitrogen and oxygen atoms in total. The molecule has 126 valence electrons. The first-order valence-corrected chi connectivity index (χ1v) is 9.08. The van der Waals surface area contributed by atoms with Gasteiger partial charge in [-0.05, 0) is 24.3 Å². The quantitative estimate of drug-likeness (QED) is 0.903. The molecule has 0 bridgehead atoms. The molecular formula is C16H17ClN4O2S. The molecule has 24 heavy (non-hydrogen) atoms. The second-order valence-electron chi connectivity index (χ2n) is 5.29. The minimum absolute atomic E-state index is 0.0192. The summed E-state index contributed by atoms with van der Waals surface area (Å²) in [6, 6.07) is 6.84. The summed E-state index contributed by atoms with van der Waals surface area (Å²) in [4.78, 5) is 26.6. The van der Waals surface area contributed by atoms with Gasteiger partial charge in [0.2, 0.25) is 0 Å². The van der Waals surface area contributed by atoms with Crippen LogP contribution in [0.4, 0.5) is 5.69 Å². The lowest BCUT2D eigenvalue weighted by Crippen LogP contribution is -2.37. The number of aromatic nitrogens is 2. The Kier molecular flexibility index (Phi) is 5.11. The molecule has 0 spiro atoms. The number of rotatable bonds is 3. The molecule has 0 atom stereocenters. The third kappa shape index (κ3) is 3.27. The largest absolute Gasteiger partial charge is 0.385 e. The standard InChI is InChI=1S/C16H17ClN4O2S/c1-18-13-10-19-21(16(23)14(13)17)12-4-2-11(3-5-12)15(22)20-6-8-24-9-7-20/h2-5,10,18H,6-9H2,1H3. The van der Waals surface area contributed by atoms with Gasteiger partial charge in [-0.1, -0.05) is 11.6 Å². The molecule has 2 heterocycles. The number of halogens is 1. The number of nitrogens with zero attached hydrogens (tertiary/aromatic N) is 3. The zero-order valence-corrected chi connectivity index (χ0v) is 14.7. The molecule has 0 saturated carbocycles. The van der Waals surface area contributed by atoms with Crippen molar-refractivity contribution < 1.29 is 4.79 Å². The lowest BCUT2D eigenvalue weighted by atomic mass is 10.2. The number of thioether (sulfide) groups is 1. The fourth-order valence-electron chi connectivity index (χ4n) is 2.49. The monoisotopic (exact) mass is 364 g/mol. The fourth-order valence-corrected chi connectivity index (χ4v) is 3.61. The number of hydrogen-bond acceptors (Lipinski definition) is 5. The van der Waals surface area contributed by atoms with E-state index >= 15 is 0 Å². The second kappa shape index (κ2) is 7.27. The summed E-state index contributed by atoms with van der Waals surface area (Å²) in [5.74, 6) is 1.96. The molecule has 1 saturated heterocycles. The van der Waals surface area contributed by atoms with E-state index in [4.69, 9.17) is 11.6 Å². The van der Waals surface area contributed by atoms with E-state index in [0.717, 1.165) is 24.6 Å². The number of carbonyl (C=O) groups excluding carboxylic acids is 1. The number of benzene rings is 1. The van der Waals surface area contributed by atoms with Crippen LogP contribution in [0.1, 0.15) is 10.4 Å². The van der Waals surface area contributed by atoms with E-state index in [1.807, 2.05) is 16.7 Å². The van der Waals surface area contributed by atoms with Gasteiger partial charge < -0.3 is 10.2 Å². The summed E-state index contributed by atoms with van der Waals surface area (Å²) in [6.45, 7) is 1.54. The summed E-state index contributed by atoms with van der Waals surface area (Å²) >= 11 is 7.89. The molecule has 1 aromatic heterocycles. The van der Waals surface area contributed by atoms with Crippen LogP contribution >= 0.6 is 23.4 Å². The molecule has 1 aliphatic rings. The van der Waals surface area contributed by atoms with E-state index in [-0.39, 0.29) is 10.9 Å². The van der Waals surface area contributed by atoms with E-state index in [9.17, 15) is 9.59 Å². The van der Waals surface area contributed by atoms with Crippen molar-refractivity contribution in [1.82, 2.24) is 14.7 Å². The zero-order valence-electron chi connectivity index (χ0n) is 13.2. The highest BCUT2D eigenvalue weighted by Gasteiger charge is 2.18. The molecule has 0 unspecified atom stereocenters. The van der Waals surface area contributed by atoms with E-state index < -0.39 is 5.56 Å². The average Bonchev–Trinajstić information content (AvgIpc) is 2.64. The smallest absolute Gasteiger partial charge is 0.292 e. The Morgan fingerprint density at radius 3 is 2.54 bits per heavy atom. The molecule has 0 radical (unpaired) electrons. The minimum atomic E-state index is -0.407. The maximum Gasteiger partial charge on any atom is 0.292 e. The van der Waals surface area contributed by atoms with Crippen LogP contribution in [0.2, 0.25) is 5.02 Å². The second-order valence-corrected chi connectivity index (χ2v) is 6.89. The third-order valence-corrected chi connectivity index (χ3v) is 5.15. The van der Waals surface area contributed by atoms with Crippen LogP contribution in [-0.2, 0) is 0 Å². The Morgan fingerprint density at radius 2 is 1.92 bits per heavy atom. The van der Waals surface area contributed by atoms with Gasteiger partial charge in [0.05, 0.1) is 17.6 Å². The topological polar surface area (TPSA) is 67.2 Å². The van der Waals surface area contributed by atoms with Gasteiger partial charge in [-0.2, -0.15) is 21.5 Å². The van der Waals surface area contributed by atoms with Gasteiger partial charge in [-0.25, -0.2) is 0 Å². The highest BCUT2D eigenvalue weighted by molar-refractivity contribution is 7.99. The maximum atomic E-state index is 12.5. The average molecular weight is 365 g/mol. The number of hydrogen-bond donors (Lipinski definition) is 1. The van der Waals surface area contributed by atoms with Crippen molar-refractivity contribution in [3.8, 4) is 5.69 Å². The Hall–Kier alpha value is -1.99. The SMILES string of the molecule is CNc1cnn(-c2ccc(C(=O)N3CCSCC3)cc2)c(=O)c1Cl. The Morgan fingerprint density at radius 1 is 1.25 bits per heavy atom. The predicted molar refractivity (Wildman–Crippen MR) is 97.6 cm³/mol. The van der Waals surface area contributed by atoms with E-state index in [1.165, 1.54) is 10.9 Å². The third-order valence-electron chi connectivity index (χ3n) is 3.85. The lowest BCUT2D eigenvalue weighted by molar-refractivity contribution is 0.0772. The van der Waals surface area contributed by atoms with E-state index in [2.05, 4.69) is 10.4 Å². The molecule has 2 aromatic rings. The number of anilines is 1. The van der Waals surface area contributed by atoms with Gasteiger partial charge in [0.1, 0.15) is 5.02 Å². The molecule has 1 aromatic carbocycles. The number of nitrogens with one attached hydrogen (secondary N) is 1. The van der Waals surface area contributed by atoms with Crippen molar-refractivity contribution in [2.45, 2.75) is 0 Å². The van der Waals surface area contributed by atoms with Crippen molar-refractivity contribution >= 4 is 35.0 Å². The van der Waals surface area contributed by atoms with Crippen LogP contribution in [0.5, 0.6) is 0 Å². The van der Waals surface area contributed by atoms with Crippen molar-refractivity contribution in [1.29, 1.82) is 0 Å². The van der Waals surface area contributed by atoms with Crippen LogP contribution in [0.3, 0.4) is 0 Å². The summed E-state index contributed by atoms with van der Waals surface area (Å²) < 4.78 is 1.22. The lowest BCUT2D eigenvalue weighted by Gasteiger charge is -2.26. The summed E-state index contributed by atoms with van der Waals surface area (Å²) in [5, 5.41) is 7.00. The van der Waals surface area contributed by atoms with Crippen molar-refractivity contribution in [3.63, 3.8) is 0 Å². The summed E-state index contributed by atoms with van der Waals surface area (Å²) in [6.07, 6.45) is 1.49. The van der Waals surface area contributed by atoms with Gasteiger partial charge in [-0.15, -0.1) is 0 Å². The Labute approximate surface area is 148 Å². The van der Waals surface area contributed by atoms with Crippen LogP contribution in [-0.4, -0.2) is 52.2 Å². The van der Waals surface area contributed by atoms with Crippen molar-refractivity contribution in [3.05, 3.63) is 51.4 Å². The molecule has 1 aliphatic heterocycles. The molecule has 3 rings (SSSR count). The van der Waals surface area contributed by atoms with Crippen LogP contribution in [0.15, 0.2) is 35.3 Å². The van der Waals surface area contributed by atoms with Crippen LogP contribution < -0.4 is 10.9 Å². The molecule has 8 heteroatoms. The maximum absolute atomic E-state index is 12.5. The van der Waals surface area contributed by atoms with Gasteiger partial charge in [0, 0.05) is 37.2 Å². The number of carbonyl (C=O) groups is 1. The molecule has 1 fully saturated rings. The first-order chi connectivity index (χ1) is 11.6. The fraction of sp³-hybridized carbons (Fsp3) is 0.312. The zero-order chi connectivity index (χ0) is 17.1. The first kappa shape index (κ1) is 16.9. The van der Waals surface area contributed by atoms with Crippen LogP contribution in [0, 0.1) is 0 Å². The van der Waals surface area contributed by atoms with Crippen molar-refractivity contribution in [2.24, 2.45) is 0 Å². The molecular weight excluding hydrogens is 348 g/mol. The first-order valence-electron chi connectivity index (χ1n) is 7.55. The van der Waals surface area contributed by atoms with Crippen molar-refractivity contribution in [2.75, 3.05) is 37.0 Å². The minimum Gasteiger partial charge on any atom is -0.385 e. The van der Waals surface area contributed by atoms with Gasteiger partial charge in [-0.3, -0.25) is 9.59 Å². The normalized spacial score (nSPS) is 14.5. The van der Waals surface area contributed by atoms with E-state index in [1.54, 1.807) is 31.3 Å². The van der Waals surface area contributed by atoms with Gasteiger partial charge in [0.15, 0.2) is 0 Å². The number of amides is 1. The molecule has 1 amide bonds. The Balaban J connectivity index is 1.86.